The number of carboxylic acid groups (broad SMARTS) is 1. The fourth-order valence-corrected chi connectivity index (χ4v) is 4.95. The van der Waals surface area contributed by atoms with E-state index in [1.807, 2.05) is 50.2 Å². The SMILES string of the molecule is COc1ccc(CN(C(=O)OCC2c3ccccc3-c3ccccc32)[C@@H](CC(C)C)C(=O)O)c(OC)c1. The van der Waals surface area contributed by atoms with Crippen LogP contribution >= 0.6 is 0 Å². The third-order valence-electron chi connectivity index (χ3n) is 6.76. The van der Waals surface area contributed by atoms with Gasteiger partial charge in [0.05, 0.1) is 20.8 Å². The van der Waals surface area contributed by atoms with E-state index in [0.717, 1.165) is 22.3 Å². The zero-order valence-corrected chi connectivity index (χ0v) is 21.6. The molecule has 0 spiro atoms. The number of nitrogens with zero attached hydrogens (tertiary/aromatic N) is 1. The standard InChI is InChI=1S/C30H33NO6/c1-19(2)15-27(29(32)33)31(17-20-13-14-21(35-3)16-28(20)36-4)30(34)37-18-26-24-11-7-5-9-22(24)23-10-6-8-12-25(23)26/h5-14,16,19,26-27H,15,17-18H2,1-4H3,(H,32,33)/t27-/m0/s1. The molecule has 7 nitrogen and oxygen atoms in total. The minimum Gasteiger partial charge on any atom is -0.497 e. The molecular weight excluding hydrogens is 470 g/mol. The summed E-state index contributed by atoms with van der Waals surface area (Å²) in [4.78, 5) is 27.2. The van der Waals surface area contributed by atoms with Crippen LogP contribution in [0.3, 0.4) is 0 Å². The highest BCUT2D eigenvalue weighted by Crippen LogP contribution is 2.44. The molecule has 194 valence electrons. The highest BCUT2D eigenvalue weighted by atomic mass is 16.6. The smallest absolute Gasteiger partial charge is 0.410 e. The molecule has 0 unspecified atom stereocenters. The van der Waals surface area contributed by atoms with Crippen LogP contribution in [0.25, 0.3) is 11.1 Å². The molecule has 0 radical (unpaired) electrons. The Hall–Kier alpha value is -4.00. The van der Waals surface area contributed by atoms with Gasteiger partial charge in [-0.25, -0.2) is 9.59 Å². The van der Waals surface area contributed by atoms with Crippen molar-refractivity contribution < 1.29 is 28.9 Å². The van der Waals surface area contributed by atoms with Crippen molar-refractivity contribution >= 4 is 12.1 Å². The number of hydrogen-bond donors (Lipinski definition) is 1. The van der Waals surface area contributed by atoms with Crippen molar-refractivity contribution in [3.05, 3.63) is 83.4 Å². The Labute approximate surface area is 217 Å². The molecule has 1 amide bonds. The molecule has 1 aliphatic carbocycles. The largest absolute Gasteiger partial charge is 0.497 e. The number of benzene rings is 3. The van der Waals surface area contributed by atoms with Gasteiger partial charge in [-0.2, -0.15) is 0 Å². The summed E-state index contributed by atoms with van der Waals surface area (Å²) in [6.07, 6.45) is -0.384. The lowest BCUT2D eigenvalue weighted by Gasteiger charge is -2.30. The molecule has 4 rings (SSSR count). The van der Waals surface area contributed by atoms with E-state index in [4.69, 9.17) is 14.2 Å². The number of ether oxygens (including phenoxy) is 3. The topological polar surface area (TPSA) is 85.3 Å². The molecule has 1 atom stereocenters. The van der Waals surface area contributed by atoms with E-state index in [2.05, 4.69) is 12.1 Å². The van der Waals surface area contributed by atoms with Crippen molar-refractivity contribution in [2.24, 2.45) is 5.92 Å². The number of rotatable bonds is 10. The number of hydrogen-bond acceptors (Lipinski definition) is 5. The first-order valence-electron chi connectivity index (χ1n) is 12.4. The summed E-state index contributed by atoms with van der Waals surface area (Å²) in [6.45, 7) is 3.99. The number of methoxy groups -OCH3 is 2. The van der Waals surface area contributed by atoms with Crippen molar-refractivity contribution in [2.45, 2.75) is 38.8 Å². The molecule has 1 N–H and O–H groups in total. The maximum atomic E-state index is 13.6. The molecular formula is C30H33NO6. The number of aliphatic carboxylic acids is 1. The summed E-state index contributed by atoms with van der Waals surface area (Å²) in [5, 5.41) is 10.1. The minimum atomic E-state index is -1.07. The fourth-order valence-electron chi connectivity index (χ4n) is 4.95. The predicted octanol–water partition coefficient (Wildman–Crippen LogP) is 5.95. The lowest BCUT2D eigenvalue weighted by Crippen LogP contribution is -2.46. The first-order valence-corrected chi connectivity index (χ1v) is 12.4. The van der Waals surface area contributed by atoms with Gasteiger partial charge in [0.25, 0.3) is 0 Å². The lowest BCUT2D eigenvalue weighted by atomic mass is 9.98. The van der Waals surface area contributed by atoms with Crippen molar-refractivity contribution in [1.29, 1.82) is 0 Å². The summed E-state index contributed by atoms with van der Waals surface area (Å²) >= 11 is 0. The Morgan fingerprint density at radius 2 is 1.54 bits per heavy atom. The van der Waals surface area contributed by atoms with E-state index in [1.54, 1.807) is 25.3 Å². The number of carbonyl (C=O) groups excluding carboxylic acids is 1. The van der Waals surface area contributed by atoms with Crippen LogP contribution in [0.15, 0.2) is 66.7 Å². The summed E-state index contributed by atoms with van der Waals surface area (Å²) in [5.74, 6) is -0.0331. The molecule has 1 aliphatic rings. The Morgan fingerprint density at radius 3 is 2.08 bits per heavy atom. The van der Waals surface area contributed by atoms with Crippen LogP contribution in [0, 0.1) is 5.92 Å². The molecule has 0 saturated carbocycles. The van der Waals surface area contributed by atoms with Gasteiger partial charge in [-0.05, 0) is 46.7 Å². The summed E-state index contributed by atoms with van der Waals surface area (Å²) in [6, 6.07) is 20.4. The zero-order chi connectivity index (χ0) is 26.5. The number of carbonyl (C=O) groups is 2. The van der Waals surface area contributed by atoms with Crippen LogP contribution in [0.2, 0.25) is 0 Å². The fraction of sp³-hybridized carbons (Fsp3) is 0.333. The molecule has 0 bridgehead atoms. The van der Waals surface area contributed by atoms with Crippen molar-refractivity contribution in [3.63, 3.8) is 0 Å². The van der Waals surface area contributed by atoms with Gasteiger partial charge in [-0.15, -0.1) is 0 Å². The van der Waals surface area contributed by atoms with Gasteiger partial charge in [0, 0.05) is 17.5 Å². The van der Waals surface area contributed by atoms with Gasteiger partial charge < -0.3 is 19.3 Å². The minimum absolute atomic E-state index is 0.0214. The lowest BCUT2D eigenvalue weighted by molar-refractivity contribution is -0.143. The maximum absolute atomic E-state index is 13.6. The van der Waals surface area contributed by atoms with Crippen LogP contribution in [-0.4, -0.2) is 48.9 Å². The summed E-state index contributed by atoms with van der Waals surface area (Å²) in [5.41, 5.74) is 5.10. The van der Waals surface area contributed by atoms with Crippen molar-refractivity contribution in [2.75, 3.05) is 20.8 Å². The van der Waals surface area contributed by atoms with Crippen LogP contribution in [-0.2, 0) is 16.1 Å². The maximum Gasteiger partial charge on any atom is 0.410 e. The second-order valence-corrected chi connectivity index (χ2v) is 9.59. The second-order valence-electron chi connectivity index (χ2n) is 9.59. The summed E-state index contributed by atoms with van der Waals surface area (Å²) in [7, 11) is 3.08. The summed E-state index contributed by atoms with van der Waals surface area (Å²) < 4.78 is 16.6. The molecule has 37 heavy (non-hydrogen) atoms. The molecule has 3 aromatic carbocycles. The molecule has 0 heterocycles. The van der Waals surface area contributed by atoms with E-state index in [-0.39, 0.29) is 31.4 Å². The zero-order valence-electron chi connectivity index (χ0n) is 21.6. The number of amides is 1. The quantitative estimate of drug-likeness (QED) is 0.368. The van der Waals surface area contributed by atoms with Crippen LogP contribution in [0.4, 0.5) is 4.79 Å². The average molecular weight is 504 g/mol. The molecule has 0 saturated heterocycles. The van der Waals surface area contributed by atoms with Gasteiger partial charge in [-0.3, -0.25) is 4.90 Å². The van der Waals surface area contributed by atoms with Crippen molar-refractivity contribution in [1.82, 2.24) is 4.90 Å². The van der Waals surface area contributed by atoms with E-state index >= 15 is 0 Å². The monoisotopic (exact) mass is 503 g/mol. The molecule has 0 aliphatic heterocycles. The van der Waals surface area contributed by atoms with E-state index < -0.39 is 18.1 Å². The molecule has 0 aromatic heterocycles. The average Bonchev–Trinajstić information content (AvgIpc) is 3.22. The molecule has 7 heteroatoms. The normalized spacial score (nSPS) is 13.0. The second kappa shape index (κ2) is 11.4. The van der Waals surface area contributed by atoms with Gasteiger partial charge in [-0.1, -0.05) is 62.4 Å². The number of fused-ring (bicyclic) bond motifs is 3. The highest BCUT2D eigenvalue weighted by molar-refractivity contribution is 5.81. The van der Waals surface area contributed by atoms with Gasteiger partial charge >= 0.3 is 12.1 Å². The Bertz CT molecular complexity index is 1220. The van der Waals surface area contributed by atoms with Gasteiger partial charge in [0.1, 0.15) is 24.1 Å². The number of carboxylic acids is 1. The third-order valence-corrected chi connectivity index (χ3v) is 6.76. The van der Waals surface area contributed by atoms with Gasteiger partial charge in [0.2, 0.25) is 0 Å². The first kappa shape index (κ1) is 26.1. The Kier molecular flexibility index (Phi) is 8.01. The first-order chi connectivity index (χ1) is 17.8. The Balaban J connectivity index is 1.62. The van der Waals surface area contributed by atoms with E-state index in [9.17, 15) is 14.7 Å². The van der Waals surface area contributed by atoms with Crippen LogP contribution < -0.4 is 9.47 Å². The van der Waals surface area contributed by atoms with Gasteiger partial charge in [0.15, 0.2) is 0 Å². The molecule has 0 fully saturated rings. The van der Waals surface area contributed by atoms with Crippen LogP contribution in [0.1, 0.15) is 42.9 Å². The Morgan fingerprint density at radius 1 is 0.919 bits per heavy atom. The van der Waals surface area contributed by atoms with Crippen molar-refractivity contribution in [3.8, 4) is 22.6 Å². The van der Waals surface area contributed by atoms with Crippen LogP contribution in [0.5, 0.6) is 11.5 Å². The third kappa shape index (κ3) is 5.56. The predicted molar refractivity (Wildman–Crippen MR) is 141 cm³/mol. The molecule has 3 aromatic rings. The van der Waals surface area contributed by atoms with E-state index in [0.29, 0.717) is 17.1 Å². The van der Waals surface area contributed by atoms with E-state index in [1.165, 1.54) is 12.0 Å². The highest BCUT2D eigenvalue weighted by Gasteiger charge is 2.34.